The van der Waals surface area contributed by atoms with Gasteiger partial charge in [-0.15, -0.1) is 0 Å². The maximum absolute atomic E-state index is 12.6. The molecule has 0 aliphatic carbocycles. The molecule has 1 aromatic rings. The molecule has 2 rings (SSSR count). The number of aromatic nitrogens is 1. The Kier molecular flexibility index (Phi) is 5.05. The van der Waals surface area contributed by atoms with Crippen molar-refractivity contribution < 1.29 is 9.53 Å². The highest BCUT2D eigenvalue weighted by Gasteiger charge is 2.26. The zero-order chi connectivity index (χ0) is 13.8. The Morgan fingerprint density at radius 3 is 3.05 bits per heavy atom. The van der Waals surface area contributed by atoms with Crippen LogP contribution in [0.4, 0.5) is 0 Å². The van der Waals surface area contributed by atoms with Gasteiger partial charge in [0.25, 0.3) is 5.91 Å². The molecule has 1 atom stereocenters. The van der Waals surface area contributed by atoms with Gasteiger partial charge >= 0.3 is 0 Å². The molecule has 4 nitrogen and oxygen atoms in total. The molecule has 5 heteroatoms. The number of nitrogens with zero attached hydrogens (tertiary/aromatic N) is 2. The summed E-state index contributed by atoms with van der Waals surface area (Å²) in [6.45, 7) is 5.25. The Morgan fingerprint density at radius 1 is 1.58 bits per heavy atom. The van der Waals surface area contributed by atoms with Crippen molar-refractivity contribution in [1.82, 2.24) is 9.47 Å². The average molecular weight is 329 g/mol. The number of halogens is 1. The average Bonchev–Trinajstić information content (AvgIpc) is 2.80. The number of hydrogen-bond donors (Lipinski definition) is 0. The van der Waals surface area contributed by atoms with Crippen LogP contribution in [0.5, 0.6) is 0 Å². The molecule has 0 radical (unpaired) electrons. The Morgan fingerprint density at radius 2 is 2.37 bits per heavy atom. The molecule has 1 amide bonds. The molecule has 1 unspecified atom stereocenters. The van der Waals surface area contributed by atoms with Gasteiger partial charge in [-0.05, 0) is 47.7 Å². The maximum atomic E-state index is 12.6. The first-order chi connectivity index (χ1) is 9.15. The molecule has 1 aliphatic rings. The Labute approximate surface area is 122 Å². The van der Waals surface area contributed by atoms with Crippen molar-refractivity contribution in [1.29, 1.82) is 0 Å². The van der Waals surface area contributed by atoms with E-state index in [4.69, 9.17) is 4.74 Å². The third-order valence-electron chi connectivity index (χ3n) is 3.63. The lowest BCUT2D eigenvalue weighted by Gasteiger charge is -2.32. The standard InChI is InChI=1S/C14H21BrN2O2/c1-3-16-9-12(15)7-13(16)14(18)17-6-4-5-11(8-17)10-19-2/h7,9,11H,3-6,8,10H2,1-2H3. The van der Waals surface area contributed by atoms with Crippen molar-refractivity contribution in [2.45, 2.75) is 26.3 Å². The van der Waals surface area contributed by atoms with Gasteiger partial charge in [0.15, 0.2) is 0 Å². The SMILES string of the molecule is CCn1cc(Br)cc1C(=O)N1CCCC(COC)C1. The Balaban J connectivity index is 2.10. The molecule has 2 heterocycles. The number of ether oxygens (including phenoxy) is 1. The molecular formula is C14H21BrN2O2. The van der Waals surface area contributed by atoms with Gasteiger partial charge < -0.3 is 14.2 Å². The van der Waals surface area contributed by atoms with E-state index in [-0.39, 0.29) is 5.91 Å². The van der Waals surface area contributed by atoms with Crippen LogP contribution in [0.3, 0.4) is 0 Å². The molecule has 1 fully saturated rings. The number of rotatable bonds is 4. The number of carbonyl (C=O) groups is 1. The smallest absolute Gasteiger partial charge is 0.270 e. The molecule has 0 saturated carbocycles. The van der Waals surface area contributed by atoms with Crippen molar-refractivity contribution in [2.75, 3.05) is 26.8 Å². The largest absolute Gasteiger partial charge is 0.384 e. The number of piperidine rings is 1. The molecule has 1 aliphatic heterocycles. The fraction of sp³-hybridized carbons (Fsp3) is 0.643. The fourth-order valence-corrected chi connectivity index (χ4v) is 3.16. The van der Waals surface area contributed by atoms with E-state index in [0.29, 0.717) is 5.92 Å². The number of aryl methyl sites for hydroxylation is 1. The Bertz CT molecular complexity index is 443. The van der Waals surface area contributed by atoms with Crippen molar-refractivity contribution in [3.8, 4) is 0 Å². The summed E-state index contributed by atoms with van der Waals surface area (Å²) in [5, 5.41) is 0. The first-order valence-corrected chi connectivity index (χ1v) is 7.59. The van der Waals surface area contributed by atoms with E-state index in [1.807, 2.05) is 28.7 Å². The van der Waals surface area contributed by atoms with Crippen molar-refractivity contribution in [3.63, 3.8) is 0 Å². The van der Waals surface area contributed by atoms with Crippen LogP contribution in [0.25, 0.3) is 0 Å². The molecule has 106 valence electrons. The van der Waals surface area contributed by atoms with Gasteiger partial charge in [0.05, 0.1) is 6.61 Å². The third kappa shape index (κ3) is 3.39. The molecule has 0 bridgehead atoms. The highest BCUT2D eigenvalue weighted by Crippen LogP contribution is 2.21. The number of methoxy groups -OCH3 is 1. The second-order valence-corrected chi connectivity index (χ2v) is 5.96. The summed E-state index contributed by atoms with van der Waals surface area (Å²) in [7, 11) is 1.72. The van der Waals surface area contributed by atoms with Gasteiger partial charge in [-0.1, -0.05) is 0 Å². The van der Waals surface area contributed by atoms with Crippen LogP contribution in [0.15, 0.2) is 16.7 Å². The number of hydrogen-bond acceptors (Lipinski definition) is 2. The minimum absolute atomic E-state index is 0.133. The summed E-state index contributed by atoms with van der Waals surface area (Å²) in [5.74, 6) is 0.601. The quantitative estimate of drug-likeness (QED) is 0.851. The lowest BCUT2D eigenvalue weighted by molar-refractivity contribution is 0.0561. The molecule has 0 spiro atoms. The van der Waals surface area contributed by atoms with Gasteiger partial charge in [-0.2, -0.15) is 0 Å². The van der Waals surface area contributed by atoms with Crippen molar-refractivity contribution in [3.05, 3.63) is 22.4 Å². The highest BCUT2D eigenvalue weighted by molar-refractivity contribution is 9.10. The topological polar surface area (TPSA) is 34.5 Å². The first-order valence-electron chi connectivity index (χ1n) is 6.79. The first kappa shape index (κ1) is 14.6. The van der Waals surface area contributed by atoms with Crippen LogP contribution in [0.1, 0.15) is 30.3 Å². The Hall–Kier alpha value is -0.810. The zero-order valence-electron chi connectivity index (χ0n) is 11.6. The minimum atomic E-state index is 0.133. The summed E-state index contributed by atoms with van der Waals surface area (Å²) in [4.78, 5) is 14.5. The summed E-state index contributed by atoms with van der Waals surface area (Å²) in [6, 6.07) is 1.91. The molecule has 0 aromatic carbocycles. The van der Waals surface area contributed by atoms with E-state index >= 15 is 0 Å². The van der Waals surface area contributed by atoms with E-state index in [2.05, 4.69) is 15.9 Å². The molecule has 1 saturated heterocycles. The van der Waals surface area contributed by atoms with Gasteiger partial charge in [-0.25, -0.2) is 0 Å². The number of amides is 1. The summed E-state index contributed by atoms with van der Waals surface area (Å²) in [6.07, 6.45) is 4.17. The van der Waals surface area contributed by atoms with Crippen LogP contribution in [-0.4, -0.2) is 42.2 Å². The van der Waals surface area contributed by atoms with Crippen molar-refractivity contribution in [2.24, 2.45) is 5.92 Å². The number of carbonyl (C=O) groups excluding carboxylic acids is 1. The van der Waals surface area contributed by atoms with Gasteiger partial charge in [-0.3, -0.25) is 4.79 Å². The fourth-order valence-electron chi connectivity index (χ4n) is 2.70. The summed E-state index contributed by atoms with van der Waals surface area (Å²) >= 11 is 3.44. The lowest BCUT2D eigenvalue weighted by Crippen LogP contribution is -2.41. The van der Waals surface area contributed by atoms with Crippen LogP contribution in [0, 0.1) is 5.92 Å². The third-order valence-corrected chi connectivity index (χ3v) is 4.07. The van der Waals surface area contributed by atoms with E-state index in [0.717, 1.165) is 49.2 Å². The van der Waals surface area contributed by atoms with E-state index in [1.165, 1.54) is 0 Å². The molecule has 19 heavy (non-hydrogen) atoms. The summed E-state index contributed by atoms with van der Waals surface area (Å²) < 4.78 is 8.17. The predicted molar refractivity (Wildman–Crippen MR) is 78.3 cm³/mol. The zero-order valence-corrected chi connectivity index (χ0v) is 13.1. The highest BCUT2D eigenvalue weighted by atomic mass is 79.9. The second kappa shape index (κ2) is 6.57. The predicted octanol–water partition coefficient (Wildman–Crippen LogP) is 2.77. The van der Waals surface area contributed by atoms with Gasteiger partial charge in [0.1, 0.15) is 5.69 Å². The second-order valence-electron chi connectivity index (χ2n) is 5.04. The maximum Gasteiger partial charge on any atom is 0.270 e. The minimum Gasteiger partial charge on any atom is -0.384 e. The molecule has 1 aromatic heterocycles. The van der Waals surface area contributed by atoms with Crippen LogP contribution in [-0.2, 0) is 11.3 Å². The lowest BCUT2D eigenvalue weighted by atomic mass is 9.99. The normalized spacial score (nSPS) is 19.7. The monoisotopic (exact) mass is 328 g/mol. The van der Waals surface area contributed by atoms with E-state index in [9.17, 15) is 4.79 Å². The van der Waals surface area contributed by atoms with Crippen LogP contribution >= 0.6 is 15.9 Å². The van der Waals surface area contributed by atoms with Crippen molar-refractivity contribution >= 4 is 21.8 Å². The number of likely N-dealkylation sites (tertiary alicyclic amines) is 1. The van der Waals surface area contributed by atoms with Crippen LogP contribution < -0.4 is 0 Å². The van der Waals surface area contributed by atoms with Gasteiger partial charge in [0.2, 0.25) is 0 Å². The summed E-state index contributed by atoms with van der Waals surface area (Å²) in [5.41, 5.74) is 0.771. The molecular weight excluding hydrogens is 308 g/mol. The van der Waals surface area contributed by atoms with Crippen LogP contribution in [0.2, 0.25) is 0 Å². The molecule has 0 N–H and O–H groups in total. The van der Waals surface area contributed by atoms with E-state index in [1.54, 1.807) is 7.11 Å². The van der Waals surface area contributed by atoms with E-state index < -0.39 is 0 Å². The van der Waals surface area contributed by atoms with Gasteiger partial charge in [0, 0.05) is 37.4 Å².